The maximum atomic E-state index is 11.5. The standard InChI is InChI=1S/C12H19N3O3/c1-9(2)18-7-6-17-8-11-10(12(16)15-13)4-3-5-14-11/h3-5,9H,6-8,13H2,1-2H3,(H,15,16). The van der Waals surface area contributed by atoms with Crippen LogP contribution in [0.4, 0.5) is 0 Å². The first kappa shape index (κ1) is 14.6. The topological polar surface area (TPSA) is 86.5 Å². The highest BCUT2D eigenvalue weighted by molar-refractivity contribution is 5.94. The average Bonchev–Trinajstić information content (AvgIpc) is 2.37. The number of aromatic nitrogens is 1. The van der Waals surface area contributed by atoms with Crippen molar-refractivity contribution in [3.63, 3.8) is 0 Å². The lowest BCUT2D eigenvalue weighted by Gasteiger charge is -2.09. The van der Waals surface area contributed by atoms with Crippen LogP contribution in [0.2, 0.25) is 0 Å². The van der Waals surface area contributed by atoms with Gasteiger partial charge < -0.3 is 9.47 Å². The Kier molecular flexibility index (Phi) is 6.27. The first-order chi connectivity index (χ1) is 8.65. The molecule has 100 valence electrons. The summed E-state index contributed by atoms with van der Waals surface area (Å²) in [5, 5.41) is 0. The second-order valence-electron chi connectivity index (χ2n) is 3.94. The maximum absolute atomic E-state index is 11.5. The summed E-state index contributed by atoms with van der Waals surface area (Å²) in [6, 6.07) is 3.33. The molecule has 0 aliphatic rings. The maximum Gasteiger partial charge on any atom is 0.267 e. The Bertz CT molecular complexity index is 383. The van der Waals surface area contributed by atoms with E-state index in [9.17, 15) is 4.79 Å². The van der Waals surface area contributed by atoms with Gasteiger partial charge in [-0.15, -0.1) is 0 Å². The largest absolute Gasteiger partial charge is 0.376 e. The molecule has 1 aromatic rings. The van der Waals surface area contributed by atoms with Gasteiger partial charge in [0.15, 0.2) is 0 Å². The number of rotatable bonds is 7. The summed E-state index contributed by atoms with van der Waals surface area (Å²) < 4.78 is 10.7. The summed E-state index contributed by atoms with van der Waals surface area (Å²) >= 11 is 0. The summed E-state index contributed by atoms with van der Waals surface area (Å²) in [5.41, 5.74) is 3.06. The van der Waals surface area contributed by atoms with Crippen LogP contribution in [0.15, 0.2) is 18.3 Å². The molecular weight excluding hydrogens is 234 g/mol. The van der Waals surface area contributed by atoms with Gasteiger partial charge in [-0.2, -0.15) is 0 Å². The number of nitrogens with zero attached hydrogens (tertiary/aromatic N) is 1. The van der Waals surface area contributed by atoms with Crippen LogP contribution in [-0.2, 0) is 16.1 Å². The van der Waals surface area contributed by atoms with Gasteiger partial charge in [0.1, 0.15) is 0 Å². The number of hydrogen-bond donors (Lipinski definition) is 2. The van der Waals surface area contributed by atoms with Crippen molar-refractivity contribution in [1.82, 2.24) is 10.4 Å². The van der Waals surface area contributed by atoms with E-state index in [-0.39, 0.29) is 18.6 Å². The third-order valence-electron chi connectivity index (χ3n) is 2.18. The molecule has 6 heteroatoms. The van der Waals surface area contributed by atoms with Gasteiger partial charge in [-0.3, -0.25) is 15.2 Å². The number of amides is 1. The zero-order valence-electron chi connectivity index (χ0n) is 10.7. The number of nitrogens with two attached hydrogens (primary N) is 1. The molecule has 0 radical (unpaired) electrons. The van der Waals surface area contributed by atoms with Crippen LogP contribution in [0.3, 0.4) is 0 Å². The quantitative estimate of drug-likeness (QED) is 0.322. The minimum Gasteiger partial charge on any atom is -0.376 e. The van der Waals surface area contributed by atoms with Crippen LogP contribution in [0.1, 0.15) is 29.9 Å². The second kappa shape index (κ2) is 7.75. The Hall–Kier alpha value is -1.50. The van der Waals surface area contributed by atoms with E-state index >= 15 is 0 Å². The highest BCUT2D eigenvalue weighted by Crippen LogP contribution is 2.06. The molecule has 1 heterocycles. The summed E-state index contributed by atoms with van der Waals surface area (Å²) in [6.07, 6.45) is 1.79. The highest BCUT2D eigenvalue weighted by atomic mass is 16.5. The molecule has 1 aromatic heterocycles. The fraction of sp³-hybridized carbons (Fsp3) is 0.500. The lowest BCUT2D eigenvalue weighted by molar-refractivity contribution is 0.0134. The van der Waals surface area contributed by atoms with Crippen LogP contribution in [0.25, 0.3) is 0 Å². The summed E-state index contributed by atoms with van der Waals surface area (Å²) in [7, 11) is 0. The molecule has 3 N–H and O–H groups in total. The molecule has 1 rings (SSSR count). The Labute approximate surface area is 106 Å². The van der Waals surface area contributed by atoms with E-state index in [1.165, 1.54) is 0 Å². The molecule has 0 fully saturated rings. The van der Waals surface area contributed by atoms with Crippen molar-refractivity contribution >= 4 is 5.91 Å². The van der Waals surface area contributed by atoms with Gasteiger partial charge in [0.25, 0.3) is 5.91 Å². The van der Waals surface area contributed by atoms with Gasteiger partial charge in [0.05, 0.1) is 37.2 Å². The van der Waals surface area contributed by atoms with Crippen LogP contribution >= 0.6 is 0 Å². The fourth-order valence-electron chi connectivity index (χ4n) is 1.35. The molecule has 0 aliphatic heterocycles. The monoisotopic (exact) mass is 253 g/mol. The first-order valence-electron chi connectivity index (χ1n) is 5.79. The van der Waals surface area contributed by atoms with E-state index in [1.807, 2.05) is 13.8 Å². The minimum absolute atomic E-state index is 0.182. The van der Waals surface area contributed by atoms with Gasteiger partial charge in [-0.1, -0.05) is 0 Å². The summed E-state index contributed by atoms with van der Waals surface area (Å²) in [5.74, 6) is 4.72. The number of carbonyl (C=O) groups is 1. The predicted octanol–water partition coefficient (Wildman–Crippen LogP) is 0.627. The van der Waals surface area contributed by atoms with Crippen LogP contribution < -0.4 is 11.3 Å². The molecule has 0 unspecified atom stereocenters. The minimum atomic E-state index is -0.375. The molecular formula is C12H19N3O3. The van der Waals surface area contributed by atoms with Crippen LogP contribution in [0, 0.1) is 0 Å². The number of ether oxygens (including phenoxy) is 2. The van der Waals surface area contributed by atoms with E-state index in [2.05, 4.69) is 10.4 Å². The van der Waals surface area contributed by atoms with Gasteiger partial charge >= 0.3 is 0 Å². The zero-order valence-corrected chi connectivity index (χ0v) is 10.7. The SMILES string of the molecule is CC(C)OCCOCc1ncccc1C(=O)NN. The van der Waals surface area contributed by atoms with Crippen molar-refractivity contribution in [1.29, 1.82) is 0 Å². The first-order valence-corrected chi connectivity index (χ1v) is 5.79. The van der Waals surface area contributed by atoms with Gasteiger partial charge in [0, 0.05) is 6.20 Å². The number of nitrogen functional groups attached to an aromatic ring is 1. The number of carbonyl (C=O) groups excluding carboxylic acids is 1. The Balaban J connectivity index is 2.44. The molecule has 0 bridgehead atoms. The molecule has 18 heavy (non-hydrogen) atoms. The van der Waals surface area contributed by atoms with Gasteiger partial charge in [-0.25, -0.2) is 5.84 Å². The van der Waals surface area contributed by atoms with Gasteiger partial charge in [-0.05, 0) is 26.0 Å². The summed E-state index contributed by atoms with van der Waals surface area (Å²) in [6.45, 7) is 5.15. The molecule has 6 nitrogen and oxygen atoms in total. The summed E-state index contributed by atoms with van der Waals surface area (Å²) in [4.78, 5) is 15.6. The normalized spacial score (nSPS) is 10.7. The van der Waals surface area contributed by atoms with Crippen molar-refractivity contribution < 1.29 is 14.3 Å². The molecule has 0 aliphatic carbocycles. The Morgan fingerprint density at radius 3 is 2.94 bits per heavy atom. The van der Waals surface area contributed by atoms with E-state index in [1.54, 1.807) is 18.3 Å². The molecule has 0 saturated carbocycles. The lowest BCUT2D eigenvalue weighted by Crippen LogP contribution is -2.31. The molecule has 0 saturated heterocycles. The molecule has 0 atom stereocenters. The molecule has 0 spiro atoms. The van der Waals surface area contributed by atoms with Crippen molar-refractivity contribution in [2.24, 2.45) is 5.84 Å². The second-order valence-corrected chi connectivity index (χ2v) is 3.94. The van der Waals surface area contributed by atoms with E-state index in [4.69, 9.17) is 15.3 Å². The van der Waals surface area contributed by atoms with Crippen LogP contribution in [-0.4, -0.2) is 30.2 Å². The average molecular weight is 253 g/mol. The third-order valence-corrected chi connectivity index (χ3v) is 2.18. The lowest BCUT2D eigenvalue weighted by atomic mass is 10.2. The number of hydrogen-bond acceptors (Lipinski definition) is 5. The number of nitrogens with one attached hydrogen (secondary N) is 1. The zero-order chi connectivity index (χ0) is 13.4. The smallest absolute Gasteiger partial charge is 0.267 e. The molecule has 0 aromatic carbocycles. The number of hydrazine groups is 1. The van der Waals surface area contributed by atoms with Gasteiger partial charge in [0.2, 0.25) is 0 Å². The van der Waals surface area contributed by atoms with E-state index < -0.39 is 0 Å². The molecule has 1 amide bonds. The van der Waals surface area contributed by atoms with E-state index in [0.29, 0.717) is 24.5 Å². The Morgan fingerprint density at radius 2 is 2.28 bits per heavy atom. The highest BCUT2D eigenvalue weighted by Gasteiger charge is 2.10. The van der Waals surface area contributed by atoms with Crippen molar-refractivity contribution in [3.05, 3.63) is 29.6 Å². The predicted molar refractivity (Wildman–Crippen MR) is 66.6 cm³/mol. The van der Waals surface area contributed by atoms with Crippen LogP contribution in [0.5, 0.6) is 0 Å². The Morgan fingerprint density at radius 1 is 1.50 bits per heavy atom. The van der Waals surface area contributed by atoms with Crippen molar-refractivity contribution in [2.45, 2.75) is 26.6 Å². The van der Waals surface area contributed by atoms with E-state index in [0.717, 1.165) is 0 Å². The fourth-order valence-corrected chi connectivity index (χ4v) is 1.35. The number of pyridine rings is 1. The van der Waals surface area contributed by atoms with Crippen molar-refractivity contribution in [2.75, 3.05) is 13.2 Å². The third kappa shape index (κ3) is 4.79. The van der Waals surface area contributed by atoms with Crippen molar-refractivity contribution in [3.8, 4) is 0 Å².